The molecule has 0 spiro atoms. The van der Waals surface area contributed by atoms with Gasteiger partial charge in [-0.1, -0.05) is 13.8 Å². The summed E-state index contributed by atoms with van der Waals surface area (Å²) < 4.78 is 7.64. The molecule has 3 heterocycles. The van der Waals surface area contributed by atoms with E-state index in [2.05, 4.69) is 35.7 Å². The number of pyridine rings is 2. The molecule has 144 valence electrons. The molecular formula is C22H29N3O2. The normalized spacial score (nSPS) is 12.2. The van der Waals surface area contributed by atoms with Crippen LogP contribution in [0.25, 0.3) is 22.3 Å². The molecule has 0 saturated carbocycles. The first-order valence-corrected chi connectivity index (χ1v) is 9.35. The molecule has 3 rings (SSSR count). The number of aromatic nitrogens is 3. The Morgan fingerprint density at radius 1 is 1.15 bits per heavy atom. The van der Waals surface area contributed by atoms with Crippen LogP contribution in [0.1, 0.15) is 50.4 Å². The molecule has 0 aliphatic heterocycles. The largest absolute Gasteiger partial charge is 0.480 e. The summed E-state index contributed by atoms with van der Waals surface area (Å²) >= 11 is 0. The maximum atomic E-state index is 10.2. The van der Waals surface area contributed by atoms with Gasteiger partial charge in [-0.3, -0.25) is 0 Å². The molecule has 0 amide bonds. The van der Waals surface area contributed by atoms with Crippen molar-refractivity contribution in [3.8, 4) is 17.1 Å². The first-order chi connectivity index (χ1) is 12.6. The van der Waals surface area contributed by atoms with E-state index in [4.69, 9.17) is 9.72 Å². The van der Waals surface area contributed by atoms with Crippen LogP contribution in [-0.4, -0.2) is 32.4 Å². The molecule has 0 saturated heterocycles. The van der Waals surface area contributed by atoms with Crippen molar-refractivity contribution in [3.63, 3.8) is 0 Å². The van der Waals surface area contributed by atoms with Gasteiger partial charge in [0.2, 0.25) is 5.88 Å². The third-order valence-corrected chi connectivity index (χ3v) is 4.70. The van der Waals surface area contributed by atoms with Gasteiger partial charge in [-0.15, -0.1) is 0 Å². The lowest BCUT2D eigenvalue weighted by Crippen LogP contribution is -2.25. The average molecular weight is 367 g/mol. The van der Waals surface area contributed by atoms with E-state index in [-0.39, 0.29) is 0 Å². The monoisotopic (exact) mass is 367 g/mol. The highest BCUT2D eigenvalue weighted by atomic mass is 16.5. The van der Waals surface area contributed by atoms with E-state index < -0.39 is 5.60 Å². The van der Waals surface area contributed by atoms with Gasteiger partial charge in [0, 0.05) is 11.9 Å². The second kappa shape index (κ2) is 6.97. The van der Waals surface area contributed by atoms with E-state index in [9.17, 15) is 5.11 Å². The molecule has 0 aliphatic rings. The van der Waals surface area contributed by atoms with Crippen molar-refractivity contribution in [1.82, 2.24) is 14.5 Å². The van der Waals surface area contributed by atoms with Crippen LogP contribution in [-0.2, 0) is 6.54 Å². The van der Waals surface area contributed by atoms with Crippen LogP contribution in [0.3, 0.4) is 0 Å². The van der Waals surface area contributed by atoms with Gasteiger partial charge in [-0.25, -0.2) is 9.97 Å². The number of methoxy groups -OCH3 is 1. The van der Waals surface area contributed by atoms with E-state index in [1.807, 2.05) is 39.8 Å². The molecule has 3 aromatic rings. The van der Waals surface area contributed by atoms with E-state index in [0.29, 0.717) is 18.3 Å². The van der Waals surface area contributed by atoms with Gasteiger partial charge >= 0.3 is 0 Å². The van der Waals surface area contributed by atoms with Crippen molar-refractivity contribution in [2.45, 2.75) is 59.6 Å². The molecule has 0 aromatic carbocycles. The van der Waals surface area contributed by atoms with Crippen LogP contribution in [0.15, 0.2) is 24.4 Å². The standard InChI is InChI=1S/C22H29N3O2/c1-13(2)17-9-8-16(21(23-17)27-7)19-14(3)10-18-20(24-19)15(4)11-25(18)12-22(5,6)26/h8-11,13,26H,12H2,1-7H3. The molecule has 0 radical (unpaired) electrons. The Bertz CT molecular complexity index is 981. The Morgan fingerprint density at radius 2 is 1.85 bits per heavy atom. The lowest BCUT2D eigenvalue weighted by atomic mass is 10.0. The van der Waals surface area contributed by atoms with E-state index in [1.165, 1.54) is 0 Å². The second-order valence-corrected chi connectivity index (χ2v) is 8.22. The van der Waals surface area contributed by atoms with Crippen molar-refractivity contribution in [2.75, 3.05) is 7.11 Å². The molecule has 5 nitrogen and oxygen atoms in total. The molecular weight excluding hydrogens is 338 g/mol. The van der Waals surface area contributed by atoms with Crippen LogP contribution in [0, 0.1) is 13.8 Å². The summed E-state index contributed by atoms with van der Waals surface area (Å²) in [5, 5.41) is 10.2. The van der Waals surface area contributed by atoms with Gasteiger partial charge in [0.15, 0.2) is 0 Å². The summed E-state index contributed by atoms with van der Waals surface area (Å²) in [6, 6.07) is 6.22. The third kappa shape index (κ3) is 3.83. The number of rotatable bonds is 5. The number of nitrogens with zero attached hydrogens (tertiary/aromatic N) is 3. The molecule has 0 bridgehead atoms. The second-order valence-electron chi connectivity index (χ2n) is 8.22. The van der Waals surface area contributed by atoms with Gasteiger partial charge in [0.1, 0.15) is 0 Å². The van der Waals surface area contributed by atoms with Gasteiger partial charge in [0.05, 0.1) is 41.5 Å². The molecule has 3 aromatic heterocycles. The fourth-order valence-electron chi connectivity index (χ4n) is 3.41. The van der Waals surface area contributed by atoms with Gasteiger partial charge in [-0.05, 0) is 62.9 Å². The van der Waals surface area contributed by atoms with Crippen LogP contribution < -0.4 is 4.74 Å². The minimum atomic E-state index is -0.787. The quantitative estimate of drug-likeness (QED) is 0.715. The Kier molecular flexibility index (Phi) is 5.00. The minimum absolute atomic E-state index is 0.336. The first-order valence-electron chi connectivity index (χ1n) is 9.35. The topological polar surface area (TPSA) is 60.2 Å². The zero-order valence-electron chi connectivity index (χ0n) is 17.3. The number of ether oxygens (including phenoxy) is 1. The maximum absolute atomic E-state index is 10.2. The molecule has 5 heteroatoms. The van der Waals surface area contributed by atoms with E-state index in [0.717, 1.165) is 39.1 Å². The SMILES string of the molecule is COc1nc(C(C)C)ccc1-c1nc2c(C)cn(CC(C)(C)O)c2cc1C. The lowest BCUT2D eigenvalue weighted by Gasteiger charge is -2.19. The molecule has 1 N–H and O–H groups in total. The van der Waals surface area contributed by atoms with Crippen molar-refractivity contribution < 1.29 is 9.84 Å². The fourth-order valence-corrected chi connectivity index (χ4v) is 3.41. The predicted octanol–water partition coefficient (Wildman–Crippen LogP) is 4.62. The molecule has 0 unspecified atom stereocenters. The fraction of sp³-hybridized carbons (Fsp3) is 0.455. The molecule has 0 atom stereocenters. The van der Waals surface area contributed by atoms with E-state index in [1.54, 1.807) is 7.11 Å². The van der Waals surface area contributed by atoms with Crippen LogP contribution in [0.5, 0.6) is 5.88 Å². The Labute approximate surface area is 161 Å². The smallest absolute Gasteiger partial charge is 0.222 e. The van der Waals surface area contributed by atoms with Crippen LogP contribution in [0.4, 0.5) is 0 Å². The summed E-state index contributed by atoms with van der Waals surface area (Å²) in [7, 11) is 1.65. The average Bonchev–Trinajstić information content (AvgIpc) is 2.86. The third-order valence-electron chi connectivity index (χ3n) is 4.70. The highest BCUT2D eigenvalue weighted by Gasteiger charge is 2.19. The summed E-state index contributed by atoms with van der Waals surface area (Å²) in [6.45, 7) is 12.5. The molecule has 27 heavy (non-hydrogen) atoms. The lowest BCUT2D eigenvalue weighted by molar-refractivity contribution is 0.0628. The van der Waals surface area contributed by atoms with Crippen molar-refractivity contribution in [1.29, 1.82) is 0 Å². The molecule has 0 fully saturated rings. The Morgan fingerprint density at radius 3 is 2.44 bits per heavy atom. The zero-order valence-corrected chi connectivity index (χ0v) is 17.3. The molecule has 0 aliphatic carbocycles. The number of aryl methyl sites for hydroxylation is 2. The maximum Gasteiger partial charge on any atom is 0.222 e. The van der Waals surface area contributed by atoms with Crippen LogP contribution in [0.2, 0.25) is 0 Å². The Hall–Kier alpha value is -2.40. The summed E-state index contributed by atoms with van der Waals surface area (Å²) in [6.07, 6.45) is 2.05. The summed E-state index contributed by atoms with van der Waals surface area (Å²) in [5.74, 6) is 0.937. The van der Waals surface area contributed by atoms with Crippen molar-refractivity contribution >= 4 is 11.0 Å². The van der Waals surface area contributed by atoms with E-state index >= 15 is 0 Å². The van der Waals surface area contributed by atoms with Gasteiger partial charge in [0.25, 0.3) is 0 Å². The van der Waals surface area contributed by atoms with Gasteiger partial charge < -0.3 is 14.4 Å². The number of aliphatic hydroxyl groups is 1. The highest BCUT2D eigenvalue weighted by molar-refractivity contribution is 5.85. The zero-order chi connectivity index (χ0) is 19.9. The Balaban J connectivity index is 2.17. The summed E-state index contributed by atoms with van der Waals surface area (Å²) in [4.78, 5) is 9.62. The van der Waals surface area contributed by atoms with Crippen LogP contribution >= 0.6 is 0 Å². The number of hydrogen-bond donors (Lipinski definition) is 1. The summed E-state index contributed by atoms with van der Waals surface area (Å²) in [5.41, 5.74) is 6.10. The van der Waals surface area contributed by atoms with Gasteiger partial charge in [-0.2, -0.15) is 0 Å². The number of fused-ring (bicyclic) bond motifs is 1. The van der Waals surface area contributed by atoms with Crippen molar-refractivity contribution in [3.05, 3.63) is 41.2 Å². The predicted molar refractivity (Wildman–Crippen MR) is 109 cm³/mol. The first kappa shape index (κ1) is 19.4. The highest BCUT2D eigenvalue weighted by Crippen LogP contribution is 2.33. The minimum Gasteiger partial charge on any atom is -0.480 e. The number of hydrogen-bond acceptors (Lipinski definition) is 4. The van der Waals surface area contributed by atoms with Crippen molar-refractivity contribution in [2.24, 2.45) is 0 Å².